The first kappa shape index (κ1) is 16.0. The van der Waals surface area contributed by atoms with Gasteiger partial charge in [0.15, 0.2) is 0 Å². The van der Waals surface area contributed by atoms with Crippen molar-refractivity contribution in [3.63, 3.8) is 0 Å². The van der Waals surface area contributed by atoms with E-state index in [0.29, 0.717) is 24.6 Å². The maximum Gasteiger partial charge on any atom is 0.253 e. The molecule has 0 aliphatic heterocycles. The van der Waals surface area contributed by atoms with Crippen molar-refractivity contribution in [2.75, 3.05) is 11.9 Å². The van der Waals surface area contributed by atoms with Gasteiger partial charge in [-0.15, -0.1) is 0 Å². The van der Waals surface area contributed by atoms with E-state index >= 15 is 0 Å². The molecule has 1 aromatic heterocycles. The normalized spacial score (nSPS) is 11.7. The van der Waals surface area contributed by atoms with Gasteiger partial charge in [-0.05, 0) is 35.7 Å². The fourth-order valence-corrected chi connectivity index (χ4v) is 2.04. The van der Waals surface area contributed by atoms with Gasteiger partial charge in [-0.1, -0.05) is 32.4 Å². The number of carbonyl (C=O) groups is 1. The van der Waals surface area contributed by atoms with Gasteiger partial charge in [0, 0.05) is 31.2 Å². The maximum atomic E-state index is 12.3. The Morgan fingerprint density at radius 3 is 2.64 bits per heavy atom. The van der Waals surface area contributed by atoms with E-state index < -0.39 is 0 Å². The van der Waals surface area contributed by atoms with Crippen molar-refractivity contribution in [2.24, 2.45) is 5.92 Å². The van der Waals surface area contributed by atoms with E-state index in [1.165, 1.54) is 0 Å². The van der Waals surface area contributed by atoms with Gasteiger partial charge in [0.2, 0.25) is 0 Å². The van der Waals surface area contributed by atoms with Gasteiger partial charge in [0.1, 0.15) is 0 Å². The van der Waals surface area contributed by atoms with Crippen LogP contribution in [0.5, 0.6) is 0 Å². The summed E-state index contributed by atoms with van der Waals surface area (Å²) in [4.78, 5) is 16.3. The molecule has 4 heteroatoms. The van der Waals surface area contributed by atoms with Gasteiger partial charge >= 0.3 is 0 Å². The lowest BCUT2D eigenvalue weighted by atomic mass is 10.1. The average molecular weight is 297 g/mol. The smallest absolute Gasteiger partial charge is 0.253 e. The van der Waals surface area contributed by atoms with Crippen LogP contribution in [0.2, 0.25) is 0 Å². The number of pyridine rings is 1. The lowest BCUT2D eigenvalue weighted by molar-refractivity contribution is 0.0948. The van der Waals surface area contributed by atoms with E-state index in [-0.39, 0.29) is 5.91 Å². The molecule has 22 heavy (non-hydrogen) atoms. The molecule has 1 heterocycles. The van der Waals surface area contributed by atoms with E-state index in [2.05, 4.69) is 29.5 Å². The van der Waals surface area contributed by atoms with E-state index in [1.54, 1.807) is 12.4 Å². The van der Waals surface area contributed by atoms with Crippen LogP contribution in [0.15, 0.2) is 48.8 Å². The molecule has 0 spiro atoms. The van der Waals surface area contributed by atoms with Crippen molar-refractivity contribution >= 4 is 11.6 Å². The van der Waals surface area contributed by atoms with Gasteiger partial charge in [0.25, 0.3) is 5.91 Å². The van der Waals surface area contributed by atoms with Gasteiger partial charge in [-0.3, -0.25) is 9.78 Å². The Labute approximate surface area is 132 Å². The first-order valence-corrected chi connectivity index (χ1v) is 7.70. The molecule has 1 unspecified atom stereocenters. The highest BCUT2D eigenvalue weighted by Gasteiger charge is 2.11. The molecule has 0 saturated carbocycles. The second kappa shape index (κ2) is 8.17. The highest BCUT2D eigenvalue weighted by atomic mass is 16.1. The van der Waals surface area contributed by atoms with Crippen LogP contribution in [-0.4, -0.2) is 17.4 Å². The molecule has 2 aromatic rings. The maximum absolute atomic E-state index is 12.3. The summed E-state index contributed by atoms with van der Waals surface area (Å²) in [6.45, 7) is 5.63. The molecule has 116 valence electrons. The van der Waals surface area contributed by atoms with Crippen molar-refractivity contribution in [3.05, 3.63) is 59.9 Å². The summed E-state index contributed by atoms with van der Waals surface area (Å²) in [5.74, 6) is 0.457. The van der Waals surface area contributed by atoms with Crippen LogP contribution in [0, 0.1) is 5.92 Å². The van der Waals surface area contributed by atoms with Crippen molar-refractivity contribution in [2.45, 2.75) is 26.8 Å². The Morgan fingerprint density at radius 2 is 1.91 bits per heavy atom. The van der Waals surface area contributed by atoms with Crippen LogP contribution >= 0.6 is 0 Å². The Bertz CT molecular complexity index is 598. The summed E-state index contributed by atoms with van der Waals surface area (Å²) in [7, 11) is 0. The number of aromatic nitrogens is 1. The topological polar surface area (TPSA) is 54.0 Å². The second-order valence-corrected chi connectivity index (χ2v) is 5.48. The number of para-hydroxylation sites is 1. The van der Waals surface area contributed by atoms with Gasteiger partial charge < -0.3 is 10.6 Å². The third kappa shape index (κ3) is 4.58. The quantitative estimate of drug-likeness (QED) is 0.823. The van der Waals surface area contributed by atoms with E-state index in [4.69, 9.17) is 0 Å². The van der Waals surface area contributed by atoms with Gasteiger partial charge in [-0.2, -0.15) is 0 Å². The number of carbonyl (C=O) groups excluding carboxylic acids is 1. The van der Waals surface area contributed by atoms with E-state index in [0.717, 1.165) is 17.7 Å². The molecular formula is C18H23N3O. The van der Waals surface area contributed by atoms with E-state index in [1.807, 2.05) is 36.4 Å². The molecule has 0 aliphatic carbocycles. The zero-order chi connectivity index (χ0) is 15.8. The van der Waals surface area contributed by atoms with Crippen LogP contribution < -0.4 is 10.6 Å². The molecule has 2 rings (SSSR count). The molecule has 0 fully saturated rings. The largest absolute Gasteiger partial charge is 0.380 e. The number of hydrogen-bond donors (Lipinski definition) is 2. The number of benzene rings is 1. The van der Waals surface area contributed by atoms with Crippen LogP contribution in [0.1, 0.15) is 36.2 Å². The highest BCUT2D eigenvalue weighted by Crippen LogP contribution is 2.16. The number of rotatable bonds is 7. The SMILES string of the molecule is CCC(C)CNC(=O)c1ccccc1NCc1ccncc1. The van der Waals surface area contributed by atoms with Crippen LogP contribution in [-0.2, 0) is 6.54 Å². The highest BCUT2D eigenvalue weighted by molar-refractivity contribution is 5.99. The Hall–Kier alpha value is -2.36. The standard InChI is InChI=1S/C18H23N3O/c1-3-14(2)12-21-18(22)16-6-4-5-7-17(16)20-13-15-8-10-19-11-9-15/h4-11,14,20H,3,12-13H2,1-2H3,(H,21,22). The van der Waals surface area contributed by atoms with Gasteiger partial charge in [-0.25, -0.2) is 0 Å². The first-order chi connectivity index (χ1) is 10.7. The number of amides is 1. The predicted molar refractivity (Wildman–Crippen MR) is 89.8 cm³/mol. The zero-order valence-corrected chi connectivity index (χ0v) is 13.2. The van der Waals surface area contributed by atoms with Gasteiger partial charge in [0.05, 0.1) is 5.56 Å². The monoisotopic (exact) mass is 297 g/mol. The minimum atomic E-state index is -0.0295. The molecule has 0 radical (unpaired) electrons. The summed E-state index contributed by atoms with van der Waals surface area (Å²) in [6, 6.07) is 11.5. The number of nitrogens with zero attached hydrogens (tertiary/aromatic N) is 1. The lowest BCUT2D eigenvalue weighted by Crippen LogP contribution is -2.28. The number of hydrogen-bond acceptors (Lipinski definition) is 3. The Balaban J connectivity index is 2.01. The fourth-order valence-electron chi connectivity index (χ4n) is 2.04. The summed E-state index contributed by atoms with van der Waals surface area (Å²) in [5, 5.41) is 6.32. The molecular weight excluding hydrogens is 274 g/mol. The average Bonchev–Trinajstić information content (AvgIpc) is 2.58. The summed E-state index contributed by atoms with van der Waals surface area (Å²) in [5.41, 5.74) is 2.66. The Kier molecular flexibility index (Phi) is 5.95. The van der Waals surface area contributed by atoms with Crippen molar-refractivity contribution in [1.82, 2.24) is 10.3 Å². The van der Waals surface area contributed by atoms with Crippen molar-refractivity contribution in [1.29, 1.82) is 0 Å². The van der Waals surface area contributed by atoms with E-state index in [9.17, 15) is 4.79 Å². The molecule has 1 aromatic carbocycles. The molecule has 1 amide bonds. The molecule has 2 N–H and O–H groups in total. The third-order valence-corrected chi connectivity index (χ3v) is 3.71. The minimum absolute atomic E-state index is 0.0295. The zero-order valence-electron chi connectivity index (χ0n) is 13.2. The van der Waals surface area contributed by atoms with Crippen molar-refractivity contribution in [3.8, 4) is 0 Å². The second-order valence-electron chi connectivity index (χ2n) is 5.48. The summed E-state index contributed by atoms with van der Waals surface area (Å²) < 4.78 is 0. The van der Waals surface area contributed by atoms with Crippen LogP contribution in [0.25, 0.3) is 0 Å². The molecule has 0 bridgehead atoms. The summed E-state index contributed by atoms with van der Waals surface area (Å²) in [6.07, 6.45) is 4.59. The predicted octanol–water partition coefficient (Wildman–Crippen LogP) is 3.47. The summed E-state index contributed by atoms with van der Waals surface area (Å²) >= 11 is 0. The molecule has 0 saturated heterocycles. The lowest BCUT2D eigenvalue weighted by Gasteiger charge is -2.14. The van der Waals surface area contributed by atoms with Crippen molar-refractivity contribution < 1.29 is 4.79 Å². The fraction of sp³-hybridized carbons (Fsp3) is 0.333. The minimum Gasteiger partial charge on any atom is -0.380 e. The molecule has 0 aliphatic rings. The molecule has 4 nitrogen and oxygen atoms in total. The number of anilines is 1. The first-order valence-electron chi connectivity index (χ1n) is 7.70. The van der Waals surface area contributed by atoms with Crippen LogP contribution in [0.3, 0.4) is 0 Å². The number of nitrogens with one attached hydrogen (secondary N) is 2. The third-order valence-electron chi connectivity index (χ3n) is 3.71. The Morgan fingerprint density at radius 1 is 1.18 bits per heavy atom. The molecule has 1 atom stereocenters. The van der Waals surface area contributed by atoms with Crippen LogP contribution in [0.4, 0.5) is 5.69 Å².